The fourth-order valence-corrected chi connectivity index (χ4v) is 15.2. The van der Waals surface area contributed by atoms with Crippen LogP contribution in [0.3, 0.4) is 0 Å². The van der Waals surface area contributed by atoms with Crippen molar-refractivity contribution in [3.05, 3.63) is 58.5 Å². The number of hydrogen-bond donors (Lipinski definition) is 0. The van der Waals surface area contributed by atoms with Gasteiger partial charge in [-0.3, -0.25) is 0 Å². The number of fused-ring (bicyclic) bond motifs is 2. The van der Waals surface area contributed by atoms with Gasteiger partial charge in [-0.1, -0.05) is 45.9 Å². The first-order valence-corrected chi connectivity index (χ1v) is 22.0. The zero-order chi connectivity index (χ0) is 27.5. The second-order valence-corrected chi connectivity index (χ2v) is 19.1. The third kappa shape index (κ3) is 9.27. The van der Waals surface area contributed by atoms with Crippen LogP contribution in [0.2, 0.25) is 12.1 Å². The minimum absolute atomic E-state index is 0.0457. The Balaban J connectivity index is 1.36. The lowest BCUT2D eigenvalue weighted by atomic mass is 10.2. The molecule has 2 unspecified atom stereocenters. The first kappa shape index (κ1) is 31.5. The van der Waals surface area contributed by atoms with Crippen LogP contribution in [-0.2, 0) is 18.9 Å². The van der Waals surface area contributed by atoms with Crippen LogP contribution in [-0.4, -0.2) is 80.8 Å². The highest BCUT2D eigenvalue weighted by Gasteiger charge is 2.22. The summed E-state index contributed by atoms with van der Waals surface area (Å²) in [7, 11) is 11.6. The quantitative estimate of drug-likeness (QED) is 0.0545. The normalized spacial score (nSPS) is 14.3. The van der Waals surface area contributed by atoms with Gasteiger partial charge in [-0.25, -0.2) is 9.97 Å². The molecular formula is C26H36N2O4S5Si2. The van der Waals surface area contributed by atoms with Crippen molar-refractivity contribution in [1.29, 1.82) is 0 Å². The number of aromatic nitrogens is 2. The van der Waals surface area contributed by atoms with E-state index >= 15 is 0 Å². The molecule has 0 spiro atoms. The van der Waals surface area contributed by atoms with Crippen LogP contribution in [0.4, 0.5) is 0 Å². The molecule has 13 heteroatoms. The first-order valence-electron chi connectivity index (χ1n) is 12.9. The molecule has 0 fully saturated rings. The van der Waals surface area contributed by atoms with Gasteiger partial charge < -0.3 is 18.9 Å². The number of rotatable bonds is 18. The lowest BCUT2D eigenvalue weighted by Gasteiger charge is -2.18. The summed E-state index contributed by atoms with van der Waals surface area (Å²) in [6.45, 7) is 0. The van der Waals surface area contributed by atoms with Crippen molar-refractivity contribution in [2.75, 3.05) is 39.9 Å². The van der Waals surface area contributed by atoms with Gasteiger partial charge in [0.15, 0.2) is 0 Å². The van der Waals surface area contributed by atoms with E-state index in [1.54, 1.807) is 28.4 Å². The van der Waals surface area contributed by atoms with Crippen LogP contribution in [0.15, 0.2) is 48.5 Å². The Morgan fingerprint density at radius 3 is 1.46 bits per heavy atom. The Morgan fingerprint density at radius 1 is 0.667 bits per heavy atom. The molecule has 4 aromatic rings. The van der Waals surface area contributed by atoms with Crippen LogP contribution in [0.25, 0.3) is 20.4 Å². The molecular weight excluding hydrogens is 621 g/mol. The lowest BCUT2D eigenvalue weighted by molar-refractivity contribution is -0.0443. The molecule has 0 aliphatic heterocycles. The predicted molar refractivity (Wildman–Crippen MR) is 180 cm³/mol. The standard InChI is InChI=1S/C26H36N2O4S5Si2/c1-29-25(30-2)38-15-17(23-27-19-9-5-7-11-21(19)35-23)13-33-37-34-14-18(16-39-26(31-3)32-4)24-28-20-10-6-8-12-22(20)36-24/h5-12,17-18,25-26H,13-16,38-39H2,1-4H3. The average molecular weight is 657 g/mol. The Hall–Kier alpha value is -0.456. The van der Waals surface area contributed by atoms with E-state index in [1.807, 2.05) is 54.1 Å². The highest BCUT2D eigenvalue weighted by Crippen LogP contribution is 2.43. The Bertz CT molecular complexity index is 1110. The molecule has 0 aliphatic carbocycles. The summed E-state index contributed by atoms with van der Waals surface area (Å²) in [6.07, 6.45) is 0. The Morgan fingerprint density at radius 2 is 1.08 bits per heavy atom. The summed E-state index contributed by atoms with van der Waals surface area (Å²) in [6, 6.07) is 19.1. The van der Waals surface area contributed by atoms with E-state index in [4.69, 9.17) is 28.9 Å². The van der Waals surface area contributed by atoms with Crippen LogP contribution in [0.1, 0.15) is 21.9 Å². The number of methoxy groups -OCH3 is 4. The number of ether oxygens (including phenoxy) is 4. The van der Waals surface area contributed by atoms with Gasteiger partial charge in [0, 0.05) is 51.8 Å². The zero-order valence-electron chi connectivity index (χ0n) is 22.7. The van der Waals surface area contributed by atoms with Crippen LogP contribution in [0.5, 0.6) is 0 Å². The van der Waals surface area contributed by atoms with Gasteiger partial charge in [0.05, 0.1) is 49.5 Å². The summed E-state index contributed by atoms with van der Waals surface area (Å²) in [5.74, 6) is 2.79. The number of thiazole rings is 2. The summed E-state index contributed by atoms with van der Waals surface area (Å²) >= 11 is 3.66. The van der Waals surface area contributed by atoms with Gasteiger partial charge in [0.25, 0.3) is 0 Å². The minimum atomic E-state index is -0.555. The Kier molecular flexibility index (Phi) is 13.6. The van der Waals surface area contributed by atoms with Gasteiger partial charge in [0.1, 0.15) is 11.8 Å². The molecule has 2 aromatic carbocycles. The van der Waals surface area contributed by atoms with Crippen molar-refractivity contribution in [3.63, 3.8) is 0 Å². The lowest BCUT2D eigenvalue weighted by Crippen LogP contribution is -2.23. The molecule has 0 N–H and O–H groups in total. The Labute approximate surface area is 255 Å². The second-order valence-electron chi connectivity index (χ2n) is 9.03. The average Bonchev–Trinajstić information content (AvgIpc) is 3.60. The van der Waals surface area contributed by atoms with Crippen LogP contribution < -0.4 is 0 Å². The zero-order valence-corrected chi connectivity index (χ0v) is 29.7. The van der Waals surface area contributed by atoms with E-state index in [0.717, 1.165) is 34.6 Å². The van der Waals surface area contributed by atoms with Gasteiger partial charge in [-0.2, -0.15) is 0 Å². The molecule has 0 saturated heterocycles. The summed E-state index contributed by atoms with van der Waals surface area (Å²) < 4.78 is 24.6. The maximum Gasteiger partial charge on any atom is 0.134 e. The van der Waals surface area contributed by atoms with Crippen molar-refractivity contribution in [2.45, 2.75) is 35.8 Å². The highest BCUT2D eigenvalue weighted by atomic mass is 33.5. The van der Waals surface area contributed by atoms with Crippen LogP contribution >= 0.6 is 54.1 Å². The van der Waals surface area contributed by atoms with Crippen molar-refractivity contribution in [2.24, 2.45) is 0 Å². The molecule has 0 bridgehead atoms. The van der Waals surface area contributed by atoms with E-state index < -0.39 is 19.0 Å². The minimum Gasteiger partial charge on any atom is -0.360 e. The molecule has 0 saturated carbocycles. The SMILES string of the molecule is COC(OC)[SiH2]CC(CSSSCC(C[SiH2]C(OC)OC)c1nc2ccccc2s1)c1nc2ccccc2s1. The topological polar surface area (TPSA) is 62.7 Å². The van der Waals surface area contributed by atoms with E-state index in [1.165, 1.54) is 19.4 Å². The third-order valence-electron chi connectivity index (χ3n) is 6.51. The number of para-hydroxylation sites is 2. The van der Waals surface area contributed by atoms with Crippen molar-refractivity contribution >= 4 is 93.6 Å². The molecule has 0 radical (unpaired) electrons. The monoisotopic (exact) mass is 656 g/mol. The largest absolute Gasteiger partial charge is 0.360 e. The van der Waals surface area contributed by atoms with Gasteiger partial charge in [-0.15, -0.1) is 22.7 Å². The highest BCUT2D eigenvalue weighted by molar-refractivity contribution is 9.09. The maximum absolute atomic E-state index is 5.52. The molecule has 39 heavy (non-hydrogen) atoms. The molecule has 2 aromatic heterocycles. The summed E-state index contributed by atoms with van der Waals surface area (Å²) in [4.78, 5) is 9.98. The number of hydrogen-bond acceptors (Lipinski definition) is 11. The van der Waals surface area contributed by atoms with Gasteiger partial charge in [0.2, 0.25) is 0 Å². The van der Waals surface area contributed by atoms with Crippen molar-refractivity contribution in [3.8, 4) is 0 Å². The van der Waals surface area contributed by atoms with E-state index in [0.29, 0.717) is 11.8 Å². The fraction of sp³-hybridized carbons (Fsp3) is 0.462. The molecule has 6 nitrogen and oxygen atoms in total. The maximum atomic E-state index is 5.52. The van der Waals surface area contributed by atoms with E-state index in [-0.39, 0.29) is 11.8 Å². The van der Waals surface area contributed by atoms with Gasteiger partial charge >= 0.3 is 0 Å². The first-order chi connectivity index (χ1) is 19.1. The summed E-state index contributed by atoms with van der Waals surface area (Å²) in [5, 5.41) is 2.47. The van der Waals surface area contributed by atoms with Gasteiger partial charge in [-0.05, 0) is 46.2 Å². The molecule has 0 aliphatic rings. The van der Waals surface area contributed by atoms with Crippen molar-refractivity contribution < 1.29 is 18.9 Å². The number of benzene rings is 2. The number of nitrogens with zero attached hydrogens (tertiary/aromatic N) is 2. The second kappa shape index (κ2) is 16.9. The summed E-state index contributed by atoms with van der Waals surface area (Å²) in [5.41, 5.74) is 2.19. The fourth-order valence-electron chi connectivity index (χ4n) is 4.28. The van der Waals surface area contributed by atoms with Crippen LogP contribution in [0, 0.1) is 0 Å². The molecule has 212 valence electrons. The van der Waals surface area contributed by atoms with E-state index in [9.17, 15) is 0 Å². The van der Waals surface area contributed by atoms with Crippen molar-refractivity contribution in [1.82, 2.24) is 9.97 Å². The van der Waals surface area contributed by atoms with E-state index in [2.05, 4.69) is 48.5 Å². The predicted octanol–water partition coefficient (Wildman–Crippen LogP) is 6.13. The molecule has 2 atom stereocenters. The molecule has 4 rings (SSSR count). The smallest absolute Gasteiger partial charge is 0.134 e. The third-order valence-corrected chi connectivity index (χ3v) is 17.6. The molecule has 2 heterocycles. The molecule has 0 amide bonds.